The van der Waals surface area contributed by atoms with Crippen molar-refractivity contribution in [3.05, 3.63) is 29.8 Å². The fraction of sp³-hybridized carbons (Fsp3) is 0.417. The number of anilines is 1. The van der Waals surface area contributed by atoms with Crippen molar-refractivity contribution in [2.45, 2.75) is 25.8 Å². The highest BCUT2D eigenvalue weighted by Gasteiger charge is 2.24. The molecule has 1 amide bonds. The average Bonchev–Trinajstić information content (AvgIpc) is 2.50. The maximum absolute atomic E-state index is 10.8. The minimum absolute atomic E-state index is 0.230. The molecule has 15 heavy (non-hydrogen) atoms. The number of nitrogens with two attached hydrogens (primary N) is 1. The number of hydrogen-bond donors (Lipinski definition) is 1. The van der Waals surface area contributed by atoms with E-state index in [0.29, 0.717) is 12.5 Å². The number of hydrogen-bond acceptors (Lipinski definition) is 2. The molecule has 0 aliphatic carbocycles. The molecule has 1 aromatic carbocycles. The summed E-state index contributed by atoms with van der Waals surface area (Å²) in [6.07, 6.45) is 1.49. The lowest BCUT2D eigenvalue weighted by Crippen LogP contribution is -2.32. The fourth-order valence-electron chi connectivity index (χ4n) is 2.20. The van der Waals surface area contributed by atoms with Gasteiger partial charge in [0.25, 0.3) is 0 Å². The summed E-state index contributed by atoms with van der Waals surface area (Å²) in [6.45, 7) is 2.91. The molecule has 1 aliphatic heterocycles. The minimum Gasteiger partial charge on any atom is -0.370 e. The van der Waals surface area contributed by atoms with Crippen LogP contribution >= 0.6 is 0 Å². The zero-order valence-corrected chi connectivity index (χ0v) is 8.94. The molecule has 1 heterocycles. The van der Waals surface area contributed by atoms with Crippen LogP contribution < -0.4 is 10.6 Å². The maximum atomic E-state index is 10.8. The van der Waals surface area contributed by atoms with Gasteiger partial charge in [-0.15, -0.1) is 0 Å². The highest BCUT2D eigenvalue weighted by Crippen LogP contribution is 2.31. The molecule has 0 bridgehead atoms. The topological polar surface area (TPSA) is 46.3 Å². The van der Waals surface area contributed by atoms with Crippen LogP contribution in [-0.4, -0.2) is 18.5 Å². The van der Waals surface area contributed by atoms with Crippen molar-refractivity contribution in [2.24, 2.45) is 5.73 Å². The Kier molecular flexibility index (Phi) is 2.62. The van der Waals surface area contributed by atoms with Crippen LogP contribution in [0.2, 0.25) is 0 Å². The largest absolute Gasteiger partial charge is 0.370 e. The van der Waals surface area contributed by atoms with E-state index in [4.69, 9.17) is 5.73 Å². The van der Waals surface area contributed by atoms with Crippen molar-refractivity contribution in [2.75, 3.05) is 11.4 Å². The van der Waals surface area contributed by atoms with Crippen molar-refractivity contribution >= 4 is 11.6 Å². The summed E-state index contributed by atoms with van der Waals surface area (Å²) in [5, 5.41) is 0. The third kappa shape index (κ3) is 1.96. The number of carbonyl (C=O) groups excluding carboxylic acids is 1. The summed E-state index contributed by atoms with van der Waals surface area (Å²) in [6, 6.07) is 8.83. The quantitative estimate of drug-likeness (QED) is 0.807. The first-order valence-corrected chi connectivity index (χ1v) is 5.31. The smallest absolute Gasteiger partial charge is 0.219 e. The Morgan fingerprint density at radius 2 is 2.27 bits per heavy atom. The van der Waals surface area contributed by atoms with E-state index in [1.807, 2.05) is 6.07 Å². The summed E-state index contributed by atoms with van der Waals surface area (Å²) >= 11 is 0. The Balaban J connectivity index is 2.15. The zero-order valence-electron chi connectivity index (χ0n) is 8.94. The van der Waals surface area contributed by atoms with Gasteiger partial charge in [0, 0.05) is 24.7 Å². The van der Waals surface area contributed by atoms with E-state index in [2.05, 4.69) is 30.0 Å². The highest BCUT2D eigenvalue weighted by molar-refractivity contribution is 5.74. The van der Waals surface area contributed by atoms with E-state index >= 15 is 0 Å². The van der Waals surface area contributed by atoms with E-state index in [0.717, 1.165) is 13.0 Å². The number of amides is 1. The number of primary amides is 1. The lowest BCUT2D eigenvalue weighted by atomic mass is 10.1. The van der Waals surface area contributed by atoms with E-state index in [-0.39, 0.29) is 5.91 Å². The molecule has 0 fully saturated rings. The summed E-state index contributed by atoms with van der Waals surface area (Å²) in [5.74, 6) is -0.230. The second kappa shape index (κ2) is 3.93. The third-order valence-corrected chi connectivity index (χ3v) is 2.95. The molecule has 3 heteroatoms. The molecule has 2 rings (SSSR count). The molecule has 0 spiro atoms. The molecule has 80 valence electrons. The van der Waals surface area contributed by atoms with Crippen molar-refractivity contribution < 1.29 is 4.79 Å². The van der Waals surface area contributed by atoms with Crippen molar-refractivity contribution in [3.8, 4) is 0 Å². The molecule has 0 saturated carbocycles. The molecule has 1 aromatic rings. The van der Waals surface area contributed by atoms with Crippen LogP contribution in [0.5, 0.6) is 0 Å². The molecule has 0 saturated heterocycles. The summed E-state index contributed by atoms with van der Waals surface area (Å²) in [5.41, 5.74) is 7.80. The lowest BCUT2D eigenvalue weighted by Gasteiger charge is -2.24. The standard InChI is InChI=1S/C12H16N2O/c1-9-8-10-4-2-3-5-11(10)14(9)7-6-12(13)15/h2-5,9H,6-8H2,1H3,(H2,13,15). The van der Waals surface area contributed by atoms with E-state index < -0.39 is 0 Å². The van der Waals surface area contributed by atoms with Gasteiger partial charge in [0.05, 0.1) is 0 Å². The van der Waals surface area contributed by atoms with Crippen LogP contribution in [0.25, 0.3) is 0 Å². The van der Waals surface area contributed by atoms with Crippen LogP contribution in [0, 0.1) is 0 Å². The number of para-hydroxylation sites is 1. The number of benzene rings is 1. The molecular weight excluding hydrogens is 188 g/mol. The van der Waals surface area contributed by atoms with Gasteiger partial charge in [0.15, 0.2) is 0 Å². The Labute approximate surface area is 89.9 Å². The van der Waals surface area contributed by atoms with Gasteiger partial charge >= 0.3 is 0 Å². The first-order chi connectivity index (χ1) is 7.18. The van der Waals surface area contributed by atoms with Gasteiger partial charge in [-0.3, -0.25) is 4.79 Å². The number of rotatable bonds is 3. The minimum atomic E-state index is -0.230. The lowest BCUT2D eigenvalue weighted by molar-refractivity contribution is -0.117. The summed E-state index contributed by atoms with van der Waals surface area (Å²) in [7, 11) is 0. The van der Waals surface area contributed by atoms with E-state index in [1.165, 1.54) is 11.3 Å². The third-order valence-electron chi connectivity index (χ3n) is 2.95. The number of fused-ring (bicyclic) bond motifs is 1. The monoisotopic (exact) mass is 204 g/mol. The van der Waals surface area contributed by atoms with Gasteiger partial charge in [-0.2, -0.15) is 0 Å². The van der Waals surface area contributed by atoms with Gasteiger partial charge in [-0.1, -0.05) is 18.2 Å². The van der Waals surface area contributed by atoms with Crippen LogP contribution in [0.15, 0.2) is 24.3 Å². The van der Waals surface area contributed by atoms with Gasteiger partial charge < -0.3 is 10.6 Å². The average molecular weight is 204 g/mol. The molecular formula is C12H16N2O. The molecule has 3 nitrogen and oxygen atoms in total. The first kappa shape index (κ1) is 10.0. The molecule has 1 unspecified atom stereocenters. The predicted octanol–water partition coefficient (Wildman–Crippen LogP) is 1.31. The number of carbonyl (C=O) groups is 1. The van der Waals surface area contributed by atoms with Gasteiger partial charge in [0.2, 0.25) is 5.91 Å². The zero-order chi connectivity index (χ0) is 10.8. The second-order valence-electron chi connectivity index (χ2n) is 4.09. The fourth-order valence-corrected chi connectivity index (χ4v) is 2.20. The van der Waals surface area contributed by atoms with Crippen LogP contribution in [-0.2, 0) is 11.2 Å². The second-order valence-corrected chi connectivity index (χ2v) is 4.09. The Morgan fingerprint density at radius 3 is 3.00 bits per heavy atom. The molecule has 2 N–H and O–H groups in total. The molecule has 1 atom stereocenters. The van der Waals surface area contributed by atoms with Crippen molar-refractivity contribution in [1.82, 2.24) is 0 Å². The van der Waals surface area contributed by atoms with Crippen LogP contribution in [0.4, 0.5) is 5.69 Å². The maximum Gasteiger partial charge on any atom is 0.219 e. The van der Waals surface area contributed by atoms with Crippen molar-refractivity contribution in [3.63, 3.8) is 0 Å². The van der Waals surface area contributed by atoms with Crippen molar-refractivity contribution in [1.29, 1.82) is 0 Å². The normalized spacial score (nSPS) is 19.0. The van der Waals surface area contributed by atoms with Crippen LogP contribution in [0.1, 0.15) is 18.9 Å². The number of nitrogens with zero attached hydrogens (tertiary/aromatic N) is 1. The Hall–Kier alpha value is -1.51. The molecule has 1 aliphatic rings. The SMILES string of the molecule is CC1Cc2ccccc2N1CCC(N)=O. The summed E-state index contributed by atoms with van der Waals surface area (Å²) in [4.78, 5) is 13.0. The van der Waals surface area contributed by atoms with Gasteiger partial charge in [-0.05, 0) is 25.0 Å². The van der Waals surface area contributed by atoms with Crippen LogP contribution in [0.3, 0.4) is 0 Å². The molecule has 0 radical (unpaired) electrons. The van der Waals surface area contributed by atoms with E-state index in [9.17, 15) is 4.79 Å². The van der Waals surface area contributed by atoms with Gasteiger partial charge in [0.1, 0.15) is 0 Å². The highest BCUT2D eigenvalue weighted by atomic mass is 16.1. The van der Waals surface area contributed by atoms with Gasteiger partial charge in [-0.25, -0.2) is 0 Å². The summed E-state index contributed by atoms with van der Waals surface area (Å²) < 4.78 is 0. The van der Waals surface area contributed by atoms with E-state index in [1.54, 1.807) is 0 Å². The first-order valence-electron chi connectivity index (χ1n) is 5.31. The Bertz CT molecular complexity index is 376. The molecule has 0 aromatic heterocycles. The predicted molar refractivity (Wildman–Crippen MR) is 60.8 cm³/mol. The Morgan fingerprint density at radius 1 is 1.53 bits per heavy atom.